The second-order valence-corrected chi connectivity index (χ2v) is 9.63. The topological polar surface area (TPSA) is 65.0 Å². The third kappa shape index (κ3) is 6.99. The number of esters is 1. The summed E-state index contributed by atoms with van der Waals surface area (Å²) in [5.41, 5.74) is 5.04. The number of aryl methyl sites for hydroxylation is 1. The van der Waals surface area contributed by atoms with Crippen molar-refractivity contribution in [3.8, 4) is 22.6 Å². The van der Waals surface area contributed by atoms with Gasteiger partial charge < -0.3 is 19.3 Å². The van der Waals surface area contributed by atoms with Crippen molar-refractivity contribution in [2.75, 3.05) is 26.4 Å². The zero-order valence-electron chi connectivity index (χ0n) is 21.1. The largest absolute Gasteiger partial charge is 0.487 e. The van der Waals surface area contributed by atoms with Crippen molar-refractivity contribution in [3.63, 3.8) is 0 Å². The molecule has 1 saturated carbocycles. The van der Waals surface area contributed by atoms with Gasteiger partial charge in [0.05, 0.1) is 12.5 Å². The molecule has 3 rings (SSSR count). The van der Waals surface area contributed by atoms with Gasteiger partial charge in [-0.3, -0.25) is 4.79 Å². The van der Waals surface area contributed by atoms with Crippen molar-refractivity contribution >= 4 is 5.97 Å². The number of carbonyl (C=O) groups excluding carboxylic acids is 1. The van der Waals surface area contributed by atoms with Crippen LogP contribution >= 0.6 is 0 Å². The smallest absolute Gasteiger partial charge is 0.308 e. The van der Waals surface area contributed by atoms with Crippen molar-refractivity contribution in [1.82, 2.24) is 0 Å². The highest BCUT2D eigenvalue weighted by Gasteiger charge is 2.21. The first-order valence-corrected chi connectivity index (χ1v) is 12.7. The summed E-state index contributed by atoms with van der Waals surface area (Å²) in [5, 5.41) is 9.17. The molecule has 0 unspecified atom stereocenters. The van der Waals surface area contributed by atoms with E-state index in [1.165, 1.54) is 42.4 Å². The lowest BCUT2D eigenvalue weighted by atomic mass is 9.78. The molecular formula is C29H40O5. The first-order valence-electron chi connectivity index (χ1n) is 12.7. The van der Waals surface area contributed by atoms with E-state index >= 15 is 0 Å². The molecule has 0 bridgehead atoms. The van der Waals surface area contributed by atoms with Crippen LogP contribution in [0.5, 0.6) is 11.5 Å². The third-order valence-electron chi connectivity index (χ3n) is 6.66. The van der Waals surface area contributed by atoms with Gasteiger partial charge in [-0.1, -0.05) is 64.8 Å². The highest BCUT2D eigenvalue weighted by atomic mass is 16.6. The average Bonchev–Trinajstić information content (AvgIpc) is 2.85. The van der Waals surface area contributed by atoms with Crippen LogP contribution in [0.1, 0.15) is 70.4 Å². The molecule has 0 atom stereocenters. The second-order valence-electron chi connectivity index (χ2n) is 9.63. The number of hydrogen-bond donors (Lipinski definition) is 1. The molecule has 0 radical (unpaired) electrons. The summed E-state index contributed by atoms with van der Waals surface area (Å²) in [6.45, 7) is 8.69. The van der Waals surface area contributed by atoms with Crippen LogP contribution in [0.15, 0.2) is 36.4 Å². The Morgan fingerprint density at radius 3 is 2.38 bits per heavy atom. The van der Waals surface area contributed by atoms with E-state index in [-0.39, 0.29) is 38.3 Å². The van der Waals surface area contributed by atoms with Gasteiger partial charge >= 0.3 is 5.97 Å². The van der Waals surface area contributed by atoms with Gasteiger partial charge in [0, 0.05) is 0 Å². The molecule has 2 aromatic rings. The molecule has 186 valence electrons. The van der Waals surface area contributed by atoms with E-state index in [9.17, 15) is 9.90 Å². The lowest BCUT2D eigenvalue weighted by Crippen LogP contribution is -2.16. The van der Waals surface area contributed by atoms with Gasteiger partial charge in [-0.05, 0) is 65.5 Å². The number of carbonyl (C=O) groups is 1. The van der Waals surface area contributed by atoms with Gasteiger partial charge in [0.15, 0.2) is 11.5 Å². The SMILES string of the molecule is CCc1cc(C2CCC(C)CC2)ccc1-c1ccc(OCCO)c(OCCOC(=O)C(C)C)c1. The Morgan fingerprint density at radius 2 is 1.71 bits per heavy atom. The van der Waals surface area contributed by atoms with Crippen molar-refractivity contribution in [2.24, 2.45) is 11.8 Å². The predicted molar refractivity (Wildman–Crippen MR) is 136 cm³/mol. The molecule has 1 fully saturated rings. The summed E-state index contributed by atoms with van der Waals surface area (Å²) in [7, 11) is 0. The first-order chi connectivity index (χ1) is 16.4. The molecule has 5 nitrogen and oxygen atoms in total. The number of aliphatic hydroxyl groups is 1. The number of rotatable bonds is 11. The van der Waals surface area contributed by atoms with Crippen LogP contribution < -0.4 is 9.47 Å². The fraction of sp³-hybridized carbons (Fsp3) is 0.552. The van der Waals surface area contributed by atoms with Crippen LogP contribution in [0.2, 0.25) is 0 Å². The molecule has 5 heteroatoms. The zero-order valence-corrected chi connectivity index (χ0v) is 21.1. The van der Waals surface area contributed by atoms with Gasteiger partial charge in [-0.2, -0.15) is 0 Å². The van der Waals surface area contributed by atoms with E-state index in [1.54, 1.807) is 13.8 Å². The molecule has 0 aliphatic heterocycles. The van der Waals surface area contributed by atoms with Gasteiger partial charge in [0.1, 0.15) is 19.8 Å². The third-order valence-corrected chi connectivity index (χ3v) is 6.66. The van der Waals surface area contributed by atoms with E-state index in [4.69, 9.17) is 14.2 Å². The quantitative estimate of drug-likeness (QED) is 0.316. The Kier molecular flexibility index (Phi) is 9.82. The predicted octanol–water partition coefficient (Wildman–Crippen LogP) is 6.16. The average molecular weight is 469 g/mol. The van der Waals surface area contributed by atoms with Crippen LogP contribution in [-0.2, 0) is 16.0 Å². The molecule has 0 spiro atoms. The number of benzene rings is 2. The number of ether oxygens (including phenoxy) is 3. The number of hydrogen-bond acceptors (Lipinski definition) is 5. The second kappa shape index (κ2) is 12.8. The Balaban J connectivity index is 1.79. The fourth-order valence-corrected chi connectivity index (χ4v) is 4.56. The van der Waals surface area contributed by atoms with Crippen molar-refractivity contribution < 1.29 is 24.1 Å². The summed E-state index contributed by atoms with van der Waals surface area (Å²) >= 11 is 0. The normalized spacial score (nSPS) is 18.1. The van der Waals surface area contributed by atoms with Crippen molar-refractivity contribution in [2.45, 2.75) is 65.7 Å². The summed E-state index contributed by atoms with van der Waals surface area (Å²) < 4.78 is 16.8. The first kappa shape index (κ1) is 26.1. The van der Waals surface area contributed by atoms with Crippen LogP contribution in [0.25, 0.3) is 11.1 Å². The molecule has 0 heterocycles. The van der Waals surface area contributed by atoms with E-state index in [0.717, 1.165) is 17.9 Å². The van der Waals surface area contributed by atoms with Gasteiger partial charge in [-0.15, -0.1) is 0 Å². The van der Waals surface area contributed by atoms with Crippen molar-refractivity contribution in [3.05, 3.63) is 47.5 Å². The summed E-state index contributed by atoms with van der Waals surface area (Å²) in [5.74, 6) is 2.25. The Morgan fingerprint density at radius 1 is 0.971 bits per heavy atom. The summed E-state index contributed by atoms with van der Waals surface area (Å²) in [4.78, 5) is 11.7. The molecule has 0 saturated heterocycles. The van der Waals surface area contributed by atoms with E-state index in [2.05, 4.69) is 32.0 Å². The number of aliphatic hydroxyl groups excluding tert-OH is 1. The molecule has 1 N–H and O–H groups in total. The van der Waals surface area contributed by atoms with Gasteiger partial charge in [-0.25, -0.2) is 0 Å². The summed E-state index contributed by atoms with van der Waals surface area (Å²) in [6.07, 6.45) is 6.14. The lowest BCUT2D eigenvalue weighted by Gasteiger charge is -2.27. The van der Waals surface area contributed by atoms with Crippen LogP contribution in [-0.4, -0.2) is 37.5 Å². The van der Waals surface area contributed by atoms with Gasteiger partial charge in [0.2, 0.25) is 0 Å². The molecule has 0 amide bonds. The van der Waals surface area contributed by atoms with Crippen molar-refractivity contribution in [1.29, 1.82) is 0 Å². The van der Waals surface area contributed by atoms with Gasteiger partial charge in [0.25, 0.3) is 0 Å². The van der Waals surface area contributed by atoms with E-state index in [0.29, 0.717) is 17.4 Å². The molecule has 2 aromatic carbocycles. The van der Waals surface area contributed by atoms with Crippen LogP contribution in [0, 0.1) is 11.8 Å². The highest BCUT2D eigenvalue weighted by molar-refractivity contribution is 5.72. The Bertz CT molecular complexity index is 928. The van der Waals surface area contributed by atoms with E-state index < -0.39 is 0 Å². The molecule has 1 aliphatic rings. The monoisotopic (exact) mass is 468 g/mol. The molecule has 34 heavy (non-hydrogen) atoms. The minimum absolute atomic E-state index is 0.0748. The lowest BCUT2D eigenvalue weighted by molar-refractivity contribution is -0.148. The molecule has 0 aromatic heterocycles. The van der Waals surface area contributed by atoms with E-state index in [1.807, 2.05) is 18.2 Å². The maximum atomic E-state index is 11.7. The molecular weight excluding hydrogens is 428 g/mol. The zero-order chi connectivity index (χ0) is 24.5. The van der Waals surface area contributed by atoms with Crippen LogP contribution in [0.3, 0.4) is 0 Å². The highest BCUT2D eigenvalue weighted by Crippen LogP contribution is 2.39. The summed E-state index contributed by atoms with van der Waals surface area (Å²) in [6, 6.07) is 12.8. The minimum atomic E-state index is -0.241. The molecule has 1 aliphatic carbocycles. The fourth-order valence-electron chi connectivity index (χ4n) is 4.56. The Labute approximate surface area is 204 Å². The standard InChI is InChI=1S/C29H40O5/c1-5-22-18-24(23-8-6-21(4)7-9-23)10-12-26(22)25-11-13-27(32-15-14-30)28(19-25)33-16-17-34-29(31)20(2)3/h10-13,18-21,23,30H,5-9,14-17H2,1-4H3. The van der Waals surface area contributed by atoms with Crippen LogP contribution in [0.4, 0.5) is 0 Å². The maximum absolute atomic E-state index is 11.7. The maximum Gasteiger partial charge on any atom is 0.308 e. The Hall–Kier alpha value is -2.53. The minimum Gasteiger partial charge on any atom is -0.487 e.